The zero-order valence-electron chi connectivity index (χ0n) is 7.17. The molecule has 3 atom stereocenters. The van der Waals surface area contributed by atoms with Crippen molar-refractivity contribution in [1.29, 1.82) is 0 Å². The summed E-state index contributed by atoms with van der Waals surface area (Å²) in [5, 5.41) is 0. The zero-order valence-corrected chi connectivity index (χ0v) is 7.17. The number of likely N-dealkylation sites (tertiary alicyclic amines) is 1. The van der Waals surface area contributed by atoms with Crippen LogP contribution >= 0.6 is 0 Å². The van der Waals surface area contributed by atoms with Crippen LogP contribution in [0.25, 0.3) is 0 Å². The molecule has 0 aliphatic carbocycles. The van der Waals surface area contributed by atoms with Gasteiger partial charge >= 0.3 is 0 Å². The molecule has 1 saturated heterocycles. The summed E-state index contributed by atoms with van der Waals surface area (Å²) in [6, 6.07) is 0.361. The van der Waals surface area contributed by atoms with E-state index in [1.165, 1.54) is 13.1 Å². The lowest BCUT2D eigenvalue weighted by Crippen LogP contribution is -2.31. The molecule has 0 bridgehead atoms. The number of nitrogens with zero attached hydrogens (tertiary/aromatic N) is 1. The standard InChI is InChI=1S/C8H18N2/c1-6-4-10(3)5-8(6)7(2)9/h6-8H,4-5,9H2,1-3H3. The number of hydrogen-bond donors (Lipinski definition) is 1. The Kier molecular flexibility index (Phi) is 2.32. The highest BCUT2D eigenvalue weighted by molar-refractivity contribution is 4.84. The van der Waals surface area contributed by atoms with Crippen molar-refractivity contribution in [3.63, 3.8) is 0 Å². The molecule has 60 valence electrons. The third-order valence-corrected chi connectivity index (χ3v) is 2.53. The smallest absolute Gasteiger partial charge is 0.00540 e. The minimum atomic E-state index is 0.361. The molecule has 1 heterocycles. The summed E-state index contributed by atoms with van der Waals surface area (Å²) in [5.41, 5.74) is 5.82. The first-order chi connectivity index (χ1) is 4.61. The second kappa shape index (κ2) is 2.89. The van der Waals surface area contributed by atoms with E-state index in [9.17, 15) is 0 Å². The lowest BCUT2D eigenvalue weighted by atomic mass is 9.92. The van der Waals surface area contributed by atoms with Gasteiger partial charge in [0.05, 0.1) is 0 Å². The first-order valence-electron chi connectivity index (χ1n) is 4.05. The molecule has 0 spiro atoms. The summed E-state index contributed by atoms with van der Waals surface area (Å²) in [7, 11) is 2.17. The van der Waals surface area contributed by atoms with Gasteiger partial charge in [-0.25, -0.2) is 0 Å². The van der Waals surface area contributed by atoms with Gasteiger partial charge in [0.2, 0.25) is 0 Å². The monoisotopic (exact) mass is 142 g/mol. The van der Waals surface area contributed by atoms with Crippen molar-refractivity contribution in [2.45, 2.75) is 19.9 Å². The molecule has 0 aromatic carbocycles. The normalized spacial score (nSPS) is 38.4. The predicted octanol–water partition coefficient (Wildman–Crippen LogP) is 0.531. The van der Waals surface area contributed by atoms with Crippen molar-refractivity contribution in [3.8, 4) is 0 Å². The highest BCUT2D eigenvalue weighted by Crippen LogP contribution is 2.23. The molecule has 1 rings (SSSR count). The summed E-state index contributed by atoms with van der Waals surface area (Å²) in [4.78, 5) is 2.36. The van der Waals surface area contributed by atoms with Gasteiger partial charge in [-0.15, -0.1) is 0 Å². The Labute approximate surface area is 63.4 Å². The lowest BCUT2D eigenvalue weighted by molar-refractivity contribution is 0.370. The van der Waals surface area contributed by atoms with E-state index in [4.69, 9.17) is 5.73 Å². The van der Waals surface area contributed by atoms with E-state index in [2.05, 4.69) is 25.8 Å². The first kappa shape index (κ1) is 8.02. The molecule has 0 radical (unpaired) electrons. The van der Waals surface area contributed by atoms with Gasteiger partial charge in [0, 0.05) is 19.1 Å². The van der Waals surface area contributed by atoms with E-state index in [1.807, 2.05) is 0 Å². The molecule has 0 amide bonds. The minimum absolute atomic E-state index is 0.361. The van der Waals surface area contributed by atoms with Gasteiger partial charge < -0.3 is 10.6 Å². The summed E-state index contributed by atoms with van der Waals surface area (Å²) in [6.07, 6.45) is 0. The average Bonchev–Trinajstić information content (AvgIpc) is 2.10. The molecule has 1 aliphatic rings. The van der Waals surface area contributed by atoms with E-state index in [1.54, 1.807) is 0 Å². The van der Waals surface area contributed by atoms with E-state index in [0.29, 0.717) is 12.0 Å². The minimum Gasteiger partial charge on any atom is -0.328 e. The fourth-order valence-electron chi connectivity index (χ4n) is 1.93. The van der Waals surface area contributed by atoms with Crippen molar-refractivity contribution >= 4 is 0 Å². The van der Waals surface area contributed by atoms with Gasteiger partial charge in [-0.3, -0.25) is 0 Å². The van der Waals surface area contributed by atoms with E-state index in [-0.39, 0.29) is 0 Å². The molecule has 2 nitrogen and oxygen atoms in total. The second-order valence-corrected chi connectivity index (χ2v) is 3.72. The van der Waals surface area contributed by atoms with Crippen LogP contribution in [-0.4, -0.2) is 31.1 Å². The molecule has 0 aromatic rings. The number of rotatable bonds is 1. The molecule has 2 N–H and O–H groups in total. The molecular weight excluding hydrogens is 124 g/mol. The molecule has 1 fully saturated rings. The van der Waals surface area contributed by atoms with Crippen LogP contribution in [0, 0.1) is 11.8 Å². The zero-order chi connectivity index (χ0) is 7.72. The Hall–Kier alpha value is -0.0800. The van der Waals surface area contributed by atoms with Crippen molar-refractivity contribution < 1.29 is 0 Å². The third kappa shape index (κ3) is 1.50. The molecule has 3 unspecified atom stereocenters. The maximum Gasteiger partial charge on any atom is 0.00540 e. The predicted molar refractivity (Wildman–Crippen MR) is 43.8 cm³/mol. The fourth-order valence-corrected chi connectivity index (χ4v) is 1.93. The van der Waals surface area contributed by atoms with Gasteiger partial charge in [-0.05, 0) is 25.8 Å². The number of hydrogen-bond acceptors (Lipinski definition) is 2. The topological polar surface area (TPSA) is 29.3 Å². The van der Waals surface area contributed by atoms with E-state index >= 15 is 0 Å². The highest BCUT2D eigenvalue weighted by Gasteiger charge is 2.29. The maximum absolute atomic E-state index is 5.82. The Morgan fingerprint density at radius 2 is 2.10 bits per heavy atom. The molecule has 0 saturated carbocycles. The average molecular weight is 142 g/mol. The van der Waals surface area contributed by atoms with Crippen LogP contribution in [-0.2, 0) is 0 Å². The summed E-state index contributed by atoms with van der Waals surface area (Å²) < 4.78 is 0. The molecule has 10 heavy (non-hydrogen) atoms. The molecular formula is C8H18N2. The highest BCUT2D eigenvalue weighted by atomic mass is 15.1. The van der Waals surface area contributed by atoms with Crippen LogP contribution < -0.4 is 5.73 Å². The van der Waals surface area contributed by atoms with Crippen LogP contribution in [0.1, 0.15) is 13.8 Å². The lowest BCUT2D eigenvalue weighted by Gasteiger charge is -2.17. The Morgan fingerprint density at radius 1 is 1.50 bits per heavy atom. The van der Waals surface area contributed by atoms with Gasteiger partial charge in [0.25, 0.3) is 0 Å². The van der Waals surface area contributed by atoms with E-state index < -0.39 is 0 Å². The van der Waals surface area contributed by atoms with Gasteiger partial charge in [0.1, 0.15) is 0 Å². The molecule has 0 aromatic heterocycles. The summed E-state index contributed by atoms with van der Waals surface area (Å²) >= 11 is 0. The number of nitrogens with two attached hydrogens (primary N) is 1. The third-order valence-electron chi connectivity index (χ3n) is 2.53. The van der Waals surface area contributed by atoms with Crippen LogP contribution in [0.5, 0.6) is 0 Å². The fraction of sp³-hybridized carbons (Fsp3) is 1.00. The van der Waals surface area contributed by atoms with E-state index in [0.717, 1.165) is 5.92 Å². The van der Waals surface area contributed by atoms with Crippen LogP contribution in [0.2, 0.25) is 0 Å². The second-order valence-electron chi connectivity index (χ2n) is 3.72. The summed E-state index contributed by atoms with van der Waals surface area (Å²) in [5.74, 6) is 1.50. The Morgan fingerprint density at radius 3 is 2.30 bits per heavy atom. The van der Waals surface area contributed by atoms with Crippen molar-refractivity contribution in [1.82, 2.24) is 4.90 Å². The maximum atomic E-state index is 5.82. The van der Waals surface area contributed by atoms with Crippen molar-refractivity contribution in [3.05, 3.63) is 0 Å². The first-order valence-corrected chi connectivity index (χ1v) is 4.05. The van der Waals surface area contributed by atoms with Gasteiger partial charge in [-0.1, -0.05) is 6.92 Å². The summed E-state index contributed by atoms with van der Waals surface area (Å²) in [6.45, 7) is 6.79. The van der Waals surface area contributed by atoms with Crippen molar-refractivity contribution in [2.24, 2.45) is 17.6 Å². The van der Waals surface area contributed by atoms with Crippen LogP contribution in [0.15, 0.2) is 0 Å². The van der Waals surface area contributed by atoms with Gasteiger partial charge in [0.15, 0.2) is 0 Å². The Balaban J connectivity index is 2.46. The molecule has 2 heteroatoms. The quantitative estimate of drug-likeness (QED) is 0.578. The van der Waals surface area contributed by atoms with Crippen LogP contribution in [0.3, 0.4) is 0 Å². The van der Waals surface area contributed by atoms with Gasteiger partial charge in [-0.2, -0.15) is 0 Å². The van der Waals surface area contributed by atoms with Crippen molar-refractivity contribution in [2.75, 3.05) is 20.1 Å². The molecule has 1 aliphatic heterocycles. The SMILES string of the molecule is CC(N)C1CN(C)CC1C. The Bertz CT molecular complexity index is 112. The van der Waals surface area contributed by atoms with Crippen LogP contribution in [0.4, 0.5) is 0 Å². The largest absolute Gasteiger partial charge is 0.328 e.